The van der Waals surface area contributed by atoms with Gasteiger partial charge in [0, 0.05) is 16.1 Å². The van der Waals surface area contributed by atoms with Gasteiger partial charge in [0.05, 0.1) is 5.69 Å². The molecule has 2 aromatic rings. The van der Waals surface area contributed by atoms with Crippen LogP contribution in [0.1, 0.15) is 11.3 Å². The summed E-state index contributed by atoms with van der Waals surface area (Å²) in [4.78, 5) is 0. The zero-order chi connectivity index (χ0) is 10.8. The molecule has 1 aromatic carbocycles. The molecule has 3 heteroatoms. The summed E-state index contributed by atoms with van der Waals surface area (Å²) in [6.45, 7) is 5.78. The van der Waals surface area contributed by atoms with Crippen molar-refractivity contribution >= 4 is 11.6 Å². The van der Waals surface area contributed by atoms with Crippen LogP contribution in [0.5, 0.6) is 0 Å². The third-order valence-corrected chi connectivity index (χ3v) is 2.62. The van der Waals surface area contributed by atoms with E-state index in [2.05, 4.69) is 12.1 Å². The Morgan fingerprint density at radius 1 is 1.33 bits per heavy atom. The Balaban J connectivity index is 2.45. The van der Waals surface area contributed by atoms with Crippen LogP contribution in [0.2, 0.25) is 5.02 Å². The fraction of sp³-hybridized carbons (Fsp3) is 0.167. The van der Waals surface area contributed by atoms with E-state index in [-0.39, 0.29) is 0 Å². The monoisotopic (exact) mass is 220 g/mol. The molecule has 0 amide bonds. The molecule has 15 heavy (non-hydrogen) atoms. The normalized spacial score (nSPS) is 10.6. The van der Waals surface area contributed by atoms with Gasteiger partial charge in [-0.1, -0.05) is 16.8 Å². The summed E-state index contributed by atoms with van der Waals surface area (Å²) in [6, 6.07) is 7.51. The molecule has 0 atom stereocenters. The highest BCUT2D eigenvalue weighted by molar-refractivity contribution is 6.30. The van der Waals surface area contributed by atoms with Crippen molar-refractivity contribution in [2.75, 3.05) is 0 Å². The molecule has 0 aliphatic rings. The van der Waals surface area contributed by atoms with Gasteiger partial charge in [-0.2, -0.15) is 0 Å². The minimum absolute atomic E-state index is 0.642. The van der Waals surface area contributed by atoms with E-state index in [4.69, 9.17) is 16.1 Å². The second kappa shape index (κ2) is 4.07. The van der Waals surface area contributed by atoms with Crippen molar-refractivity contribution in [3.8, 4) is 11.3 Å². The molecule has 0 saturated carbocycles. The molecule has 2 rings (SSSR count). The molecule has 2 nitrogen and oxygen atoms in total. The zero-order valence-corrected chi connectivity index (χ0v) is 9.21. The number of nitrogens with zero attached hydrogens (tertiary/aromatic N) is 1. The molecule has 0 N–H and O–H groups in total. The van der Waals surface area contributed by atoms with E-state index in [1.54, 1.807) is 0 Å². The van der Waals surface area contributed by atoms with Crippen LogP contribution >= 0.6 is 11.6 Å². The standard InChI is InChI=1S/C12H11ClNO/c1-3-11-8(2)12(15-14-11)9-4-6-10(13)7-5-9/h4-7H,1,3H2,2H3. The van der Waals surface area contributed by atoms with Crippen molar-refractivity contribution in [3.63, 3.8) is 0 Å². The summed E-state index contributed by atoms with van der Waals surface area (Å²) in [5.74, 6) is 0.797. The zero-order valence-electron chi connectivity index (χ0n) is 8.46. The van der Waals surface area contributed by atoms with Crippen molar-refractivity contribution in [3.05, 3.63) is 47.5 Å². The summed E-state index contributed by atoms with van der Waals surface area (Å²) in [6.07, 6.45) is 0.642. The van der Waals surface area contributed by atoms with Gasteiger partial charge >= 0.3 is 0 Å². The second-order valence-electron chi connectivity index (χ2n) is 3.34. The van der Waals surface area contributed by atoms with Gasteiger partial charge in [0.1, 0.15) is 0 Å². The quantitative estimate of drug-likeness (QED) is 0.772. The van der Waals surface area contributed by atoms with Gasteiger partial charge in [-0.3, -0.25) is 0 Å². The van der Waals surface area contributed by atoms with Crippen molar-refractivity contribution < 1.29 is 4.52 Å². The molecular weight excluding hydrogens is 210 g/mol. The first-order valence-corrected chi connectivity index (χ1v) is 5.10. The number of benzene rings is 1. The van der Waals surface area contributed by atoms with Crippen LogP contribution in [0.15, 0.2) is 28.8 Å². The summed E-state index contributed by atoms with van der Waals surface area (Å²) in [5.41, 5.74) is 2.94. The van der Waals surface area contributed by atoms with Crippen molar-refractivity contribution in [1.29, 1.82) is 0 Å². The number of aromatic nitrogens is 1. The van der Waals surface area contributed by atoms with Crippen molar-refractivity contribution in [2.45, 2.75) is 13.3 Å². The SMILES string of the molecule is [CH2]Cc1noc(-c2ccc(Cl)cc2)c1C. The Labute approximate surface area is 93.9 Å². The van der Waals surface area contributed by atoms with Gasteiger partial charge in [0.25, 0.3) is 0 Å². The van der Waals surface area contributed by atoms with Crippen molar-refractivity contribution in [2.24, 2.45) is 0 Å². The molecule has 0 saturated heterocycles. The van der Waals surface area contributed by atoms with Crippen LogP contribution in [-0.2, 0) is 6.42 Å². The molecule has 0 spiro atoms. The van der Waals surface area contributed by atoms with E-state index in [0.717, 1.165) is 22.6 Å². The lowest BCUT2D eigenvalue weighted by Crippen LogP contribution is -1.83. The van der Waals surface area contributed by atoms with E-state index >= 15 is 0 Å². The largest absolute Gasteiger partial charge is 0.356 e. The Hall–Kier alpha value is -1.28. The lowest BCUT2D eigenvalue weighted by molar-refractivity contribution is 0.425. The first-order chi connectivity index (χ1) is 7.22. The molecule has 77 valence electrons. The lowest BCUT2D eigenvalue weighted by atomic mass is 10.1. The third kappa shape index (κ3) is 1.90. The van der Waals surface area contributed by atoms with Gasteiger partial charge in [-0.25, -0.2) is 0 Å². The molecule has 0 bridgehead atoms. The number of hydrogen-bond donors (Lipinski definition) is 0. The van der Waals surface area contributed by atoms with Crippen LogP contribution < -0.4 is 0 Å². The second-order valence-corrected chi connectivity index (χ2v) is 3.78. The van der Waals surface area contributed by atoms with Gasteiger partial charge < -0.3 is 4.52 Å². The first kappa shape index (κ1) is 10.2. The maximum absolute atomic E-state index is 5.82. The molecule has 0 unspecified atom stereocenters. The lowest BCUT2D eigenvalue weighted by Gasteiger charge is -1.97. The number of rotatable bonds is 2. The summed E-state index contributed by atoms with van der Waals surface area (Å²) < 4.78 is 5.28. The van der Waals surface area contributed by atoms with Crippen LogP contribution in [0.3, 0.4) is 0 Å². The minimum atomic E-state index is 0.642. The van der Waals surface area contributed by atoms with Crippen LogP contribution in [0.25, 0.3) is 11.3 Å². The summed E-state index contributed by atoms with van der Waals surface area (Å²) in [5, 5.41) is 4.68. The highest BCUT2D eigenvalue weighted by Crippen LogP contribution is 2.26. The maximum Gasteiger partial charge on any atom is 0.170 e. The molecule has 1 heterocycles. The first-order valence-electron chi connectivity index (χ1n) is 4.72. The molecule has 0 aliphatic carbocycles. The van der Waals surface area contributed by atoms with Crippen LogP contribution in [-0.4, -0.2) is 5.16 Å². The van der Waals surface area contributed by atoms with E-state index in [0.29, 0.717) is 11.4 Å². The molecular formula is C12H11ClNO. The molecule has 1 radical (unpaired) electrons. The van der Waals surface area contributed by atoms with E-state index < -0.39 is 0 Å². The minimum Gasteiger partial charge on any atom is -0.356 e. The van der Waals surface area contributed by atoms with Gasteiger partial charge in [0.15, 0.2) is 5.76 Å². The average Bonchev–Trinajstić information content (AvgIpc) is 2.61. The summed E-state index contributed by atoms with van der Waals surface area (Å²) >= 11 is 5.82. The molecule has 0 fully saturated rings. The third-order valence-electron chi connectivity index (χ3n) is 2.36. The van der Waals surface area contributed by atoms with E-state index in [1.165, 1.54) is 0 Å². The van der Waals surface area contributed by atoms with Crippen LogP contribution in [0.4, 0.5) is 0 Å². The van der Waals surface area contributed by atoms with E-state index in [1.807, 2.05) is 31.2 Å². The predicted octanol–water partition coefficient (Wildman–Crippen LogP) is 3.68. The maximum atomic E-state index is 5.82. The number of halogens is 1. The predicted molar refractivity (Wildman–Crippen MR) is 60.7 cm³/mol. The topological polar surface area (TPSA) is 26.0 Å². The smallest absolute Gasteiger partial charge is 0.170 e. The van der Waals surface area contributed by atoms with Crippen molar-refractivity contribution in [1.82, 2.24) is 5.16 Å². The average molecular weight is 221 g/mol. The summed E-state index contributed by atoms with van der Waals surface area (Å²) in [7, 11) is 0. The highest BCUT2D eigenvalue weighted by atomic mass is 35.5. The van der Waals surface area contributed by atoms with Gasteiger partial charge in [-0.15, -0.1) is 0 Å². The highest BCUT2D eigenvalue weighted by Gasteiger charge is 2.11. The fourth-order valence-electron chi connectivity index (χ4n) is 1.47. The van der Waals surface area contributed by atoms with Gasteiger partial charge in [-0.05, 0) is 44.5 Å². The van der Waals surface area contributed by atoms with E-state index in [9.17, 15) is 0 Å². The Kier molecular flexibility index (Phi) is 2.78. The van der Waals surface area contributed by atoms with Crippen LogP contribution in [0, 0.1) is 13.8 Å². The fourth-order valence-corrected chi connectivity index (χ4v) is 1.60. The molecule has 0 aliphatic heterocycles. The Bertz CT molecular complexity index is 459. The van der Waals surface area contributed by atoms with Gasteiger partial charge in [0.2, 0.25) is 0 Å². The Morgan fingerprint density at radius 2 is 2.00 bits per heavy atom. The Morgan fingerprint density at radius 3 is 2.53 bits per heavy atom. The number of hydrogen-bond acceptors (Lipinski definition) is 2. The molecule has 1 aromatic heterocycles.